The van der Waals surface area contributed by atoms with Gasteiger partial charge in [0.05, 0.1) is 6.07 Å². The molecule has 0 aromatic heterocycles. The minimum atomic E-state index is -1.29. The van der Waals surface area contributed by atoms with Gasteiger partial charge < -0.3 is 10.5 Å². The average Bonchev–Trinajstić information content (AvgIpc) is 1.68. The molecule has 0 aromatic rings. The summed E-state index contributed by atoms with van der Waals surface area (Å²) in [7, 11) is 0. The number of nitrogens with two attached hydrogens (primary N) is 1. The molecule has 0 spiro atoms. The highest BCUT2D eigenvalue weighted by Gasteiger charge is 2.13. The van der Waals surface area contributed by atoms with Gasteiger partial charge in [-0.25, -0.2) is 0 Å². The summed E-state index contributed by atoms with van der Waals surface area (Å²) in [5, 5.41) is 7.99. The number of aldehydes is 1. The third-order valence-corrected chi connectivity index (χ3v) is 0.486. The van der Waals surface area contributed by atoms with Gasteiger partial charge in [0.1, 0.15) is 0 Å². The van der Waals surface area contributed by atoms with E-state index in [1.54, 1.807) is 6.07 Å². The first kappa shape index (κ1) is 6.12. The molecular weight excluding hydrogens is 92.1 g/mol. The Hall–Kier alpha value is -0.880. The number of nitrogens with zero attached hydrogens (tertiary/aromatic N) is 1. The molecule has 0 radical (unpaired) electrons. The molecule has 0 aromatic carbocycles. The van der Waals surface area contributed by atoms with Crippen molar-refractivity contribution < 1.29 is 4.79 Å². The summed E-state index contributed by atoms with van der Waals surface area (Å²) in [6.45, 7) is 1.35. The maximum Gasteiger partial charge on any atom is 0.157 e. The molecule has 0 aliphatic carbocycles. The van der Waals surface area contributed by atoms with Crippen LogP contribution in [0.2, 0.25) is 0 Å². The van der Waals surface area contributed by atoms with Gasteiger partial charge in [-0.1, -0.05) is 0 Å². The van der Waals surface area contributed by atoms with Gasteiger partial charge in [-0.3, -0.25) is 0 Å². The maximum atomic E-state index is 9.71. The molecule has 38 valence electrons. The van der Waals surface area contributed by atoms with Gasteiger partial charge in [-0.05, 0) is 6.92 Å². The Labute approximate surface area is 41.7 Å². The van der Waals surface area contributed by atoms with Crippen LogP contribution >= 0.6 is 0 Å². The zero-order valence-electron chi connectivity index (χ0n) is 4.01. The summed E-state index contributed by atoms with van der Waals surface area (Å²) in [5.41, 5.74) is 3.69. The number of hydrogen-bond donors (Lipinski definition) is 1. The van der Waals surface area contributed by atoms with E-state index in [1.807, 2.05) is 0 Å². The Kier molecular flexibility index (Phi) is 1.50. The normalized spacial score (nSPS) is 16.7. The van der Waals surface area contributed by atoms with E-state index in [9.17, 15) is 4.79 Å². The van der Waals surface area contributed by atoms with Crippen LogP contribution in [0.15, 0.2) is 0 Å². The molecule has 0 fully saturated rings. The van der Waals surface area contributed by atoms with Crippen LogP contribution in [0.25, 0.3) is 0 Å². The molecule has 0 rings (SSSR count). The van der Waals surface area contributed by atoms with Gasteiger partial charge in [0.2, 0.25) is 0 Å². The molecule has 0 saturated carbocycles. The fourth-order valence-corrected chi connectivity index (χ4v) is 0.0264. The Morgan fingerprint density at radius 3 is 2.43 bits per heavy atom. The molecule has 2 N–H and O–H groups in total. The zero-order chi connectivity index (χ0) is 5.91. The van der Waals surface area contributed by atoms with Crippen molar-refractivity contribution in [3.63, 3.8) is 0 Å². The van der Waals surface area contributed by atoms with E-state index in [1.165, 1.54) is 6.92 Å². The van der Waals surface area contributed by atoms with Crippen LogP contribution in [0.1, 0.15) is 6.92 Å². The molecule has 0 heterocycles. The van der Waals surface area contributed by atoms with Crippen LogP contribution in [0.5, 0.6) is 0 Å². The topological polar surface area (TPSA) is 66.9 Å². The van der Waals surface area contributed by atoms with E-state index < -0.39 is 5.54 Å². The van der Waals surface area contributed by atoms with Gasteiger partial charge in [-0.15, -0.1) is 0 Å². The van der Waals surface area contributed by atoms with Gasteiger partial charge in [0.25, 0.3) is 0 Å². The maximum absolute atomic E-state index is 9.71. The van der Waals surface area contributed by atoms with E-state index in [-0.39, 0.29) is 0 Å². The second kappa shape index (κ2) is 1.71. The smallest absolute Gasteiger partial charge is 0.157 e. The highest BCUT2D eigenvalue weighted by Crippen LogP contribution is 1.86. The molecule has 0 aliphatic heterocycles. The van der Waals surface area contributed by atoms with Crippen molar-refractivity contribution in [2.24, 2.45) is 5.73 Å². The fraction of sp³-hybridized carbons (Fsp3) is 0.500. The van der Waals surface area contributed by atoms with Crippen molar-refractivity contribution in [2.75, 3.05) is 0 Å². The second-order valence-electron chi connectivity index (χ2n) is 1.51. The van der Waals surface area contributed by atoms with Crippen LogP contribution in [0.3, 0.4) is 0 Å². The van der Waals surface area contributed by atoms with Crippen molar-refractivity contribution in [3.8, 4) is 6.07 Å². The lowest BCUT2D eigenvalue weighted by Crippen LogP contribution is -2.35. The first-order valence-electron chi connectivity index (χ1n) is 1.79. The van der Waals surface area contributed by atoms with Gasteiger partial charge in [0.15, 0.2) is 11.8 Å². The first-order chi connectivity index (χ1) is 3.12. The number of hydrogen-bond acceptors (Lipinski definition) is 3. The largest absolute Gasteiger partial charge is 0.308 e. The molecular formula is C4H6N2O. The predicted molar refractivity (Wildman–Crippen MR) is 24.3 cm³/mol. The van der Waals surface area contributed by atoms with Crippen molar-refractivity contribution in [1.29, 1.82) is 5.26 Å². The van der Waals surface area contributed by atoms with Crippen LogP contribution < -0.4 is 5.73 Å². The quantitative estimate of drug-likeness (QED) is 0.446. The molecule has 0 amide bonds. The van der Waals surface area contributed by atoms with E-state index in [0.717, 1.165) is 0 Å². The second-order valence-corrected chi connectivity index (χ2v) is 1.51. The van der Waals surface area contributed by atoms with E-state index in [0.29, 0.717) is 6.29 Å². The molecule has 0 saturated heterocycles. The molecule has 0 aliphatic rings. The minimum absolute atomic E-state index is 0.410. The summed E-state index contributed by atoms with van der Waals surface area (Å²) in [6.07, 6.45) is 0.410. The number of carbonyl (C=O) groups excluding carboxylic acids is 1. The Morgan fingerprint density at radius 2 is 2.43 bits per heavy atom. The minimum Gasteiger partial charge on any atom is -0.308 e. The Morgan fingerprint density at radius 1 is 2.00 bits per heavy atom. The Bertz CT molecular complexity index is 111. The van der Waals surface area contributed by atoms with Crippen LogP contribution in [0, 0.1) is 11.3 Å². The monoisotopic (exact) mass is 98.0 g/mol. The SMILES string of the molecule is C[C@@](N)(C#N)C=O. The van der Waals surface area contributed by atoms with Crippen LogP contribution in [0.4, 0.5) is 0 Å². The average molecular weight is 98.1 g/mol. The summed E-state index contributed by atoms with van der Waals surface area (Å²) in [5.74, 6) is 0. The number of nitriles is 1. The van der Waals surface area contributed by atoms with Crippen molar-refractivity contribution in [1.82, 2.24) is 0 Å². The fourth-order valence-electron chi connectivity index (χ4n) is 0.0264. The highest BCUT2D eigenvalue weighted by atomic mass is 16.1. The summed E-state index contributed by atoms with van der Waals surface area (Å²) >= 11 is 0. The zero-order valence-corrected chi connectivity index (χ0v) is 4.01. The number of carbonyl (C=O) groups is 1. The molecule has 0 bridgehead atoms. The third kappa shape index (κ3) is 1.90. The predicted octanol–water partition coefficient (Wildman–Crippen LogP) is -0.574. The molecule has 3 heteroatoms. The van der Waals surface area contributed by atoms with E-state index in [4.69, 9.17) is 11.0 Å². The van der Waals surface area contributed by atoms with Crippen LogP contribution in [-0.4, -0.2) is 11.8 Å². The molecule has 0 unspecified atom stereocenters. The van der Waals surface area contributed by atoms with E-state index in [2.05, 4.69) is 0 Å². The summed E-state index contributed by atoms with van der Waals surface area (Å²) < 4.78 is 0. The van der Waals surface area contributed by atoms with Crippen molar-refractivity contribution >= 4 is 6.29 Å². The standard InChI is InChI=1S/C4H6N2O/c1-4(6,2-5)3-7/h3H,6H2,1H3/t4-/m1/s1. The molecule has 1 atom stereocenters. The molecule has 7 heavy (non-hydrogen) atoms. The Balaban J connectivity index is 3.91. The highest BCUT2D eigenvalue weighted by molar-refractivity contribution is 5.67. The lowest BCUT2D eigenvalue weighted by molar-refractivity contribution is -0.110. The number of rotatable bonds is 1. The lowest BCUT2D eigenvalue weighted by atomic mass is 10.1. The van der Waals surface area contributed by atoms with E-state index >= 15 is 0 Å². The van der Waals surface area contributed by atoms with Crippen molar-refractivity contribution in [3.05, 3.63) is 0 Å². The van der Waals surface area contributed by atoms with Crippen molar-refractivity contribution in [2.45, 2.75) is 12.5 Å². The summed E-state index contributed by atoms with van der Waals surface area (Å²) in [4.78, 5) is 9.71. The lowest BCUT2D eigenvalue weighted by Gasteiger charge is -2.00. The molecule has 3 nitrogen and oxygen atoms in total. The van der Waals surface area contributed by atoms with Gasteiger partial charge in [0, 0.05) is 0 Å². The van der Waals surface area contributed by atoms with Gasteiger partial charge in [-0.2, -0.15) is 5.26 Å². The van der Waals surface area contributed by atoms with Crippen LogP contribution in [-0.2, 0) is 4.79 Å². The third-order valence-electron chi connectivity index (χ3n) is 0.486. The van der Waals surface area contributed by atoms with Gasteiger partial charge >= 0.3 is 0 Å². The summed E-state index contributed by atoms with van der Waals surface area (Å²) in [6, 6.07) is 1.60. The first-order valence-corrected chi connectivity index (χ1v) is 1.79.